The summed E-state index contributed by atoms with van der Waals surface area (Å²) in [5.74, 6) is -0.254. The van der Waals surface area contributed by atoms with Crippen LogP contribution in [0.3, 0.4) is 0 Å². The maximum Gasteiger partial charge on any atom is 0.325 e. The molecular formula is C20H28N4O5. The highest BCUT2D eigenvalue weighted by Gasteiger charge is 2.32. The van der Waals surface area contributed by atoms with Crippen LogP contribution in [0, 0.1) is 0 Å². The van der Waals surface area contributed by atoms with Gasteiger partial charge < -0.3 is 24.9 Å². The summed E-state index contributed by atoms with van der Waals surface area (Å²) in [5.41, 5.74) is 1.51. The van der Waals surface area contributed by atoms with Gasteiger partial charge in [-0.15, -0.1) is 0 Å². The molecule has 1 amide bonds. The fourth-order valence-electron chi connectivity index (χ4n) is 3.76. The van der Waals surface area contributed by atoms with E-state index in [1.165, 1.54) is 0 Å². The van der Waals surface area contributed by atoms with E-state index >= 15 is 0 Å². The first kappa shape index (κ1) is 21.1. The van der Waals surface area contributed by atoms with E-state index in [4.69, 9.17) is 9.47 Å². The van der Waals surface area contributed by atoms with E-state index in [1.54, 1.807) is 20.4 Å². The van der Waals surface area contributed by atoms with Crippen molar-refractivity contribution >= 4 is 22.8 Å². The van der Waals surface area contributed by atoms with Crippen LogP contribution in [0.15, 0.2) is 24.4 Å². The number of rotatable bonds is 9. The van der Waals surface area contributed by atoms with Gasteiger partial charge in [-0.2, -0.15) is 0 Å². The third-order valence-electron chi connectivity index (χ3n) is 5.23. The number of aromatic nitrogens is 1. The first-order valence-electron chi connectivity index (χ1n) is 9.64. The van der Waals surface area contributed by atoms with Gasteiger partial charge in [0.1, 0.15) is 11.8 Å². The number of aromatic amines is 1. The molecule has 2 aromatic rings. The minimum Gasteiger partial charge on any atom is -0.495 e. The zero-order valence-corrected chi connectivity index (χ0v) is 16.8. The number of hydrogen-bond acceptors (Lipinski definition) is 6. The second-order valence-corrected chi connectivity index (χ2v) is 7.02. The number of methoxy groups -OCH3 is 2. The summed E-state index contributed by atoms with van der Waals surface area (Å²) >= 11 is 0. The molecule has 29 heavy (non-hydrogen) atoms. The molecule has 9 nitrogen and oxygen atoms in total. The second-order valence-electron chi connectivity index (χ2n) is 7.02. The molecule has 0 saturated carbocycles. The van der Waals surface area contributed by atoms with Gasteiger partial charge in [-0.3, -0.25) is 19.4 Å². The van der Waals surface area contributed by atoms with Crippen molar-refractivity contribution < 1.29 is 24.2 Å². The van der Waals surface area contributed by atoms with Gasteiger partial charge in [0.15, 0.2) is 0 Å². The van der Waals surface area contributed by atoms with E-state index in [-0.39, 0.29) is 5.91 Å². The Bertz CT molecular complexity index is 845. The summed E-state index contributed by atoms with van der Waals surface area (Å²) in [7, 11) is 3.18. The number of carbonyl (C=O) groups excluding carboxylic acids is 1. The molecule has 158 valence electrons. The van der Waals surface area contributed by atoms with Crippen molar-refractivity contribution in [2.45, 2.75) is 6.04 Å². The molecule has 3 N–H and O–H groups in total. The highest BCUT2D eigenvalue weighted by Crippen LogP contribution is 2.33. The van der Waals surface area contributed by atoms with Crippen LogP contribution in [0.5, 0.6) is 5.75 Å². The fourth-order valence-corrected chi connectivity index (χ4v) is 3.76. The lowest BCUT2D eigenvalue weighted by atomic mass is 10.0. The molecule has 1 saturated heterocycles. The number of hydrogen-bond donors (Lipinski definition) is 3. The molecule has 2 heterocycles. The summed E-state index contributed by atoms with van der Waals surface area (Å²) in [6, 6.07) is 4.85. The first-order valence-corrected chi connectivity index (χ1v) is 9.64. The van der Waals surface area contributed by atoms with E-state index in [1.807, 2.05) is 28.0 Å². The molecule has 0 aliphatic carbocycles. The maximum atomic E-state index is 12.1. The quantitative estimate of drug-likeness (QED) is 0.528. The molecule has 3 rings (SSSR count). The summed E-state index contributed by atoms with van der Waals surface area (Å²) in [6.07, 6.45) is 1.75. The molecule has 1 aromatic heterocycles. The number of fused-ring (bicyclic) bond motifs is 1. The molecule has 0 bridgehead atoms. The monoisotopic (exact) mass is 404 g/mol. The molecule has 0 radical (unpaired) electrons. The predicted octanol–water partition coefficient (Wildman–Crippen LogP) is 0.682. The van der Waals surface area contributed by atoms with E-state index in [0.29, 0.717) is 51.6 Å². The molecule has 1 aliphatic heterocycles. The summed E-state index contributed by atoms with van der Waals surface area (Å²) in [4.78, 5) is 31.2. The van der Waals surface area contributed by atoms with Crippen molar-refractivity contribution in [3.63, 3.8) is 0 Å². The number of carboxylic acids is 1. The summed E-state index contributed by atoms with van der Waals surface area (Å²) < 4.78 is 10.3. The number of ether oxygens (including phenoxy) is 2. The number of carboxylic acid groups (broad SMARTS) is 1. The SMILES string of the molecule is COCCNC(=O)CN1CCN(C(C(=O)O)c2c[nH]c3c(OC)cccc23)CC1. The average molecular weight is 404 g/mol. The lowest BCUT2D eigenvalue weighted by Crippen LogP contribution is -2.51. The number of amides is 1. The molecular weight excluding hydrogens is 376 g/mol. The number of para-hydroxylation sites is 1. The molecule has 1 unspecified atom stereocenters. The molecule has 0 spiro atoms. The second kappa shape index (κ2) is 9.73. The van der Waals surface area contributed by atoms with Gasteiger partial charge in [0.25, 0.3) is 0 Å². The van der Waals surface area contributed by atoms with Crippen molar-refractivity contribution in [3.8, 4) is 5.75 Å². The molecule has 1 atom stereocenters. The van der Waals surface area contributed by atoms with Gasteiger partial charge in [0, 0.05) is 57.0 Å². The average Bonchev–Trinajstić information content (AvgIpc) is 3.13. The minimum atomic E-state index is -0.889. The normalized spacial score (nSPS) is 16.6. The van der Waals surface area contributed by atoms with Crippen LogP contribution >= 0.6 is 0 Å². The number of nitrogens with zero attached hydrogens (tertiary/aromatic N) is 2. The molecule has 1 aromatic carbocycles. The summed E-state index contributed by atoms with van der Waals surface area (Å²) in [5, 5.41) is 13.6. The Morgan fingerprint density at radius 1 is 1.24 bits per heavy atom. The lowest BCUT2D eigenvalue weighted by Gasteiger charge is -2.37. The van der Waals surface area contributed by atoms with Gasteiger partial charge in [0.05, 0.1) is 25.8 Å². The smallest absolute Gasteiger partial charge is 0.325 e. The topological polar surface area (TPSA) is 107 Å². The Hall–Kier alpha value is -2.62. The third kappa shape index (κ3) is 4.87. The zero-order valence-electron chi connectivity index (χ0n) is 16.8. The van der Waals surface area contributed by atoms with Gasteiger partial charge >= 0.3 is 5.97 Å². The molecule has 1 aliphatic rings. The van der Waals surface area contributed by atoms with Crippen molar-refractivity contribution in [1.82, 2.24) is 20.1 Å². The third-order valence-corrected chi connectivity index (χ3v) is 5.23. The Morgan fingerprint density at radius 2 is 2.00 bits per heavy atom. The number of piperazine rings is 1. The number of nitrogens with one attached hydrogen (secondary N) is 2. The van der Waals surface area contributed by atoms with E-state index in [0.717, 1.165) is 16.5 Å². The highest BCUT2D eigenvalue weighted by molar-refractivity contribution is 5.92. The van der Waals surface area contributed by atoms with Crippen LogP contribution in [0.2, 0.25) is 0 Å². The molecule has 9 heteroatoms. The van der Waals surface area contributed by atoms with Crippen molar-refractivity contribution in [2.24, 2.45) is 0 Å². The Balaban J connectivity index is 1.66. The Kier molecular flexibility index (Phi) is 7.08. The standard InChI is InChI=1S/C20H28N4O5/c1-28-11-6-21-17(25)13-23-7-9-24(10-8-23)19(20(26)27)15-12-22-18-14(15)4-3-5-16(18)29-2/h3-5,12,19,22H,6-11,13H2,1-2H3,(H,21,25)(H,26,27). The van der Waals surface area contributed by atoms with Crippen LogP contribution in [0.1, 0.15) is 11.6 Å². The van der Waals surface area contributed by atoms with E-state index in [2.05, 4.69) is 10.3 Å². The van der Waals surface area contributed by atoms with Crippen molar-refractivity contribution in [1.29, 1.82) is 0 Å². The first-order chi connectivity index (χ1) is 14.0. The van der Waals surface area contributed by atoms with Crippen LogP contribution in [0.25, 0.3) is 10.9 Å². The summed E-state index contributed by atoms with van der Waals surface area (Å²) in [6.45, 7) is 3.67. The van der Waals surface area contributed by atoms with Gasteiger partial charge in [0.2, 0.25) is 5.91 Å². The van der Waals surface area contributed by atoms with Crippen LogP contribution in [0.4, 0.5) is 0 Å². The number of aliphatic carboxylic acids is 1. The van der Waals surface area contributed by atoms with Crippen LogP contribution < -0.4 is 10.1 Å². The van der Waals surface area contributed by atoms with Crippen LogP contribution in [-0.4, -0.2) is 91.9 Å². The van der Waals surface area contributed by atoms with Crippen LogP contribution in [-0.2, 0) is 14.3 Å². The highest BCUT2D eigenvalue weighted by atomic mass is 16.5. The van der Waals surface area contributed by atoms with Gasteiger partial charge in [-0.25, -0.2) is 0 Å². The molecule has 1 fully saturated rings. The predicted molar refractivity (Wildman–Crippen MR) is 108 cm³/mol. The number of benzene rings is 1. The van der Waals surface area contributed by atoms with Crippen molar-refractivity contribution in [2.75, 3.05) is 60.1 Å². The van der Waals surface area contributed by atoms with Crippen molar-refractivity contribution in [3.05, 3.63) is 30.0 Å². The van der Waals surface area contributed by atoms with Gasteiger partial charge in [-0.05, 0) is 6.07 Å². The fraction of sp³-hybridized carbons (Fsp3) is 0.500. The lowest BCUT2D eigenvalue weighted by molar-refractivity contribution is -0.144. The Labute approximate surface area is 169 Å². The van der Waals surface area contributed by atoms with E-state index in [9.17, 15) is 14.7 Å². The minimum absolute atomic E-state index is 0.0472. The Morgan fingerprint density at radius 3 is 2.66 bits per heavy atom. The largest absolute Gasteiger partial charge is 0.495 e. The number of H-pyrrole nitrogens is 1. The van der Waals surface area contributed by atoms with Gasteiger partial charge in [-0.1, -0.05) is 12.1 Å². The maximum absolute atomic E-state index is 12.1. The number of carbonyl (C=O) groups is 2. The van der Waals surface area contributed by atoms with E-state index < -0.39 is 12.0 Å². The zero-order chi connectivity index (χ0) is 20.8.